The first-order valence-electron chi connectivity index (χ1n) is 10.4. The lowest BCUT2D eigenvalue weighted by atomic mass is 9.87. The molecule has 1 amide bonds. The van der Waals surface area contributed by atoms with Gasteiger partial charge in [-0.2, -0.15) is 5.10 Å². The Hall–Kier alpha value is -3.66. The van der Waals surface area contributed by atoms with Crippen LogP contribution in [0.4, 0.5) is 5.00 Å². The number of benzene rings is 1. The molecule has 2 heterocycles. The molecule has 9 nitrogen and oxygen atoms in total. The largest absolute Gasteiger partial charge is 0.471 e. The van der Waals surface area contributed by atoms with Crippen molar-refractivity contribution in [2.45, 2.75) is 39.8 Å². The average Bonchev–Trinajstić information content (AvgIpc) is 3.41. The van der Waals surface area contributed by atoms with Crippen LogP contribution in [0.2, 0.25) is 0 Å². The van der Waals surface area contributed by atoms with Gasteiger partial charge in [0.1, 0.15) is 15.6 Å². The Morgan fingerprint density at radius 1 is 1.03 bits per heavy atom. The fraction of sp³-hybridized carbons (Fsp3) is 0.333. The van der Waals surface area contributed by atoms with Gasteiger partial charge in [0.25, 0.3) is 5.91 Å². The van der Waals surface area contributed by atoms with Gasteiger partial charge in [-0.05, 0) is 41.7 Å². The molecule has 1 aromatic carbocycles. The van der Waals surface area contributed by atoms with Crippen LogP contribution in [0, 0.1) is 6.92 Å². The van der Waals surface area contributed by atoms with Crippen LogP contribution in [0.3, 0.4) is 0 Å². The normalized spacial score (nSPS) is 11.1. The molecule has 1 N–H and O–H groups in total. The standard InChI is InChI=1S/C24H27N3O6S/c1-14-18(22(29)31-5)21(34-19(14)23(30)32-6)25-20(28)17-11-12-27(26-17)13-33-16-9-7-15(8-10-16)24(2,3)4/h7-12H,13H2,1-6H3,(H,25,28). The van der Waals surface area contributed by atoms with E-state index < -0.39 is 17.8 Å². The van der Waals surface area contributed by atoms with E-state index in [2.05, 4.69) is 31.2 Å². The predicted octanol–water partition coefficient (Wildman–Crippen LogP) is 4.41. The van der Waals surface area contributed by atoms with Crippen molar-refractivity contribution >= 4 is 34.2 Å². The molecule has 3 rings (SSSR count). The molecule has 0 bridgehead atoms. The summed E-state index contributed by atoms with van der Waals surface area (Å²) in [7, 11) is 2.46. The highest BCUT2D eigenvalue weighted by Crippen LogP contribution is 2.34. The van der Waals surface area contributed by atoms with Gasteiger partial charge in [-0.15, -0.1) is 11.3 Å². The molecule has 0 aliphatic rings. The minimum atomic E-state index is -0.671. The highest BCUT2D eigenvalue weighted by molar-refractivity contribution is 7.18. The van der Waals surface area contributed by atoms with Crippen molar-refractivity contribution in [3.63, 3.8) is 0 Å². The third kappa shape index (κ3) is 5.45. The summed E-state index contributed by atoms with van der Waals surface area (Å²) in [5.74, 6) is -1.14. The van der Waals surface area contributed by atoms with Crippen LogP contribution >= 0.6 is 11.3 Å². The summed E-state index contributed by atoms with van der Waals surface area (Å²) in [4.78, 5) is 37.2. The molecule has 0 saturated heterocycles. The van der Waals surface area contributed by atoms with Gasteiger partial charge in [-0.1, -0.05) is 32.9 Å². The van der Waals surface area contributed by atoms with Gasteiger partial charge in [0.05, 0.1) is 19.8 Å². The lowest BCUT2D eigenvalue weighted by Gasteiger charge is -2.19. The second kappa shape index (κ2) is 10.1. The maximum Gasteiger partial charge on any atom is 0.348 e. The number of carbonyl (C=O) groups excluding carboxylic acids is 3. The van der Waals surface area contributed by atoms with E-state index in [1.165, 1.54) is 30.5 Å². The average molecular weight is 486 g/mol. The monoisotopic (exact) mass is 485 g/mol. The van der Waals surface area contributed by atoms with Crippen molar-refractivity contribution in [2.75, 3.05) is 19.5 Å². The van der Waals surface area contributed by atoms with Crippen molar-refractivity contribution < 1.29 is 28.6 Å². The van der Waals surface area contributed by atoms with E-state index >= 15 is 0 Å². The van der Waals surface area contributed by atoms with Crippen LogP contribution in [0.25, 0.3) is 0 Å². The zero-order valence-corrected chi connectivity index (χ0v) is 20.7. The van der Waals surface area contributed by atoms with Crippen LogP contribution in [-0.4, -0.2) is 41.8 Å². The lowest BCUT2D eigenvalue weighted by molar-refractivity contribution is 0.0601. The Kier molecular flexibility index (Phi) is 7.41. The lowest BCUT2D eigenvalue weighted by Crippen LogP contribution is -2.16. The number of hydrogen-bond acceptors (Lipinski definition) is 8. The quantitative estimate of drug-likeness (QED) is 0.494. The Balaban J connectivity index is 1.71. The van der Waals surface area contributed by atoms with Gasteiger partial charge in [0, 0.05) is 6.20 Å². The summed E-state index contributed by atoms with van der Waals surface area (Å²) in [6.07, 6.45) is 1.61. The number of amides is 1. The first-order valence-corrected chi connectivity index (χ1v) is 11.2. The maximum atomic E-state index is 12.8. The minimum Gasteiger partial charge on any atom is -0.471 e. The van der Waals surface area contributed by atoms with E-state index in [1.807, 2.05) is 24.3 Å². The molecule has 0 aliphatic carbocycles. The van der Waals surface area contributed by atoms with E-state index in [0.717, 1.165) is 11.3 Å². The molecule has 0 atom stereocenters. The fourth-order valence-electron chi connectivity index (χ4n) is 3.15. The first-order chi connectivity index (χ1) is 16.0. The number of ether oxygens (including phenoxy) is 3. The van der Waals surface area contributed by atoms with Crippen LogP contribution in [-0.2, 0) is 21.6 Å². The highest BCUT2D eigenvalue weighted by atomic mass is 32.1. The molecule has 0 aliphatic heterocycles. The Morgan fingerprint density at radius 3 is 2.26 bits per heavy atom. The van der Waals surface area contributed by atoms with Crippen molar-refractivity contribution in [3.8, 4) is 5.75 Å². The topological polar surface area (TPSA) is 109 Å². The number of esters is 2. The smallest absolute Gasteiger partial charge is 0.348 e. The number of thiophene rings is 1. The zero-order chi connectivity index (χ0) is 25.0. The highest BCUT2D eigenvalue weighted by Gasteiger charge is 2.27. The molecule has 180 valence electrons. The van der Waals surface area contributed by atoms with Gasteiger partial charge < -0.3 is 19.5 Å². The SMILES string of the molecule is COC(=O)c1sc(NC(=O)c2ccn(COc3ccc(C(C)(C)C)cc3)n2)c(C(=O)OC)c1C. The van der Waals surface area contributed by atoms with E-state index in [4.69, 9.17) is 14.2 Å². The van der Waals surface area contributed by atoms with E-state index in [-0.39, 0.29) is 33.3 Å². The summed E-state index contributed by atoms with van der Waals surface area (Å²) in [5, 5.41) is 7.05. The molecule has 2 aromatic heterocycles. The van der Waals surface area contributed by atoms with Gasteiger partial charge in [-0.25, -0.2) is 14.3 Å². The fourth-order valence-corrected chi connectivity index (χ4v) is 4.26. The van der Waals surface area contributed by atoms with E-state index in [0.29, 0.717) is 11.3 Å². The number of anilines is 1. The minimum absolute atomic E-state index is 0.0508. The second-order valence-electron chi connectivity index (χ2n) is 8.49. The van der Waals surface area contributed by atoms with Gasteiger partial charge in [0.15, 0.2) is 12.4 Å². The summed E-state index contributed by atoms with van der Waals surface area (Å²) < 4.78 is 16.8. The van der Waals surface area contributed by atoms with Gasteiger partial charge >= 0.3 is 11.9 Å². The van der Waals surface area contributed by atoms with Crippen LogP contribution in [0.1, 0.15) is 62.4 Å². The van der Waals surface area contributed by atoms with Gasteiger partial charge in [-0.3, -0.25) is 4.79 Å². The zero-order valence-electron chi connectivity index (χ0n) is 19.9. The van der Waals surface area contributed by atoms with Crippen LogP contribution in [0.15, 0.2) is 36.5 Å². The molecule has 0 fully saturated rings. The third-order valence-corrected chi connectivity index (χ3v) is 6.28. The van der Waals surface area contributed by atoms with Crippen molar-refractivity contribution in [1.29, 1.82) is 0 Å². The summed E-state index contributed by atoms with van der Waals surface area (Å²) in [6.45, 7) is 8.12. The van der Waals surface area contributed by atoms with Crippen LogP contribution < -0.4 is 10.1 Å². The Bertz CT molecular complexity index is 1200. The first kappa shape index (κ1) is 25.0. The predicted molar refractivity (Wildman–Crippen MR) is 128 cm³/mol. The summed E-state index contributed by atoms with van der Waals surface area (Å²) >= 11 is 0.936. The third-order valence-electron chi connectivity index (χ3n) is 5.09. The number of rotatable bonds is 7. The van der Waals surface area contributed by atoms with Crippen molar-refractivity contribution in [1.82, 2.24) is 9.78 Å². The van der Waals surface area contributed by atoms with Crippen molar-refractivity contribution in [2.24, 2.45) is 0 Å². The van der Waals surface area contributed by atoms with Gasteiger partial charge in [0.2, 0.25) is 0 Å². The molecule has 0 spiro atoms. The molecule has 34 heavy (non-hydrogen) atoms. The van der Waals surface area contributed by atoms with Crippen molar-refractivity contribution in [3.05, 3.63) is 63.8 Å². The molecule has 0 saturated carbocycles. The maximum absolute atomic E-state index is 12.8. The number of nitrogens with one attached hydrogen (secondary N) is 1. The molecule has 3 aromatic rings. The molecule has 10 heteroatoms. The molecule has 0 radical (unpaired) electrons. The number of aromatic nitrogens is 2. The summed E-state index contributed by atoms with van der Waals surface area (Å²) in [6, 6.07) is 9.35. The van der Waals surface area contributed by atoms with E-state index in [1.54, 1.807) is 13.1 Å². The van der Waals surface area contributed by atoms with E-state index in [9.17, 15) is 14.4 Å². The van der Waals surface area contributed by atoms with Crippen LogP contribution in [0.5, 0.6) is 5.75 Å². The second-order valence-corrected chi connectivity index (χ2v) is 9.51. The Morgan fingerprint density at radius 2 is 1.68 bits per heavy atom. The number of carbonyl (C=O) groups is 3. The molecular formula is C24H27N3O6S. The Labute approximate surface area is 201 Å². The number of nitrogens with zero attached hydrogens (tertiary/aromatic N) is 2. The molecule has 0 unspecified atom stereocenters. The molecular weight excluding hydrogens is 458 g/mol. The number of hydrogen-bond donors (Lipinski definition) is 1. The number of methoxy groups -OCH3 is 2. The summed E-state index contributed by atoms with van der Waals surface area (Å²) in [5.41, 5.74) is 1.84.